The molecule has 0 radical (unpaired) electrons. The fourth-order valence-corrected chi connectivity index (χ4v) is 4.74. The first-order chi connectivity index (χ1) is 17.4. The number of hydrogen-bond donors (Lipinski definition) is 1. The van der Waals surface area contributed by atoms with Crippen LogP contribution in [0.1, 0.15) is 12.5 Å². The molecule has 0 aliphatic carbocycles. The summed E-state index contributed by atoms with van der Waals surface area (Å²) < 4.78 is 8.09. The van der Waals surface area contributed by atoms with Crippen LogP contribution in [0, 0.1) is 10.1 Å². The van der Waals surface area contributed by atoms with Gasteiger partial charge in [0.05, 0.1) is 22.0 Å². The summed E-state index contributed by atoms with van der Waals surface area (Å²) >= 11 is 4.75. The number of rotatable bonds is 5. The van der Waals surface area contributed by atoms with Crippen LogP contribution in [0.4, 0.5) is 17.1 Å². The Kier molecular flexibility index (Phi) is 6.49. The molecule has 1 aliphatic heterocycles. The van der Waals surface area contributed by atoms with Crippen molar-refractivity contribution in [2.45, 2.75) is 6.92 Å². The number of benzene rings is 3. The summed E-state index contributed by atoms with van der Waals surface area (Å²) in [6, 6.07) is 19.5. The van der Waals surface area contributed by atoms with Gasteiger partial charge in [-0.05, 0) is 48.9 Å². The predicted molar refractivity (Wildman–Crippen MR) is 142 cm³/mol. The van der Waals surface area contributed by atoms with Crippen LogP contribution in [-0.2, 0) is 4.79 Å². The van der Waals surface area contributed by atoms with E-state index in [2.05, 4.69) is 26.2 Å². The number of nitro benzene ring substituents is 1. The zero-order chi connectivity index (χ0) is 25.2. The zero-order valence-corrected chi connectivity index (χ0v) is 21.2. The van der Waals surface area contributed by atoms with Crippen LogP contribution >= 0.6 is 27.3 Å². The van der Waals surface area contributed by atoms with Crippen LogP contribution in [0.25, 0.3) is 11.3 Å². The van der Waals surface area contributed by atoms with E-state index in [-0.39, 0.29) is 23.9 Å². The summed E-state index contributed by atoms with van der Waals surface area (Å²) in [5.41, 5.74) is 3.80. The van der Waals surface area contributed by atoms with Crippen molar-refractivity contribution in [2.75, 3.05) is 11.9 Å². The molecule has 0 saturated heterocycles. The summed E-state index contributed by atoms with van der Waals surface area (Å²) in [5, 5.41) is 21.1. The van der Waals surface area contributed by atoms with E-state index >= 15 is 0 Å². The molecule has 0 saturated carbocycles. The molecule has 9 nitrogen and oxygen atoms in total. The normalized spacial score (nSPS) is 13.7. The van der Waals surface area contributed by atoms with E-state index in [1.807, 2.05) is 48.7 Å². The van der Waals surface area contributed by atoms with E-state index < -0.39 is 4.92 Å². The Morgan fingerprint density at radius 2 is 1.94 bits per heavy atom. The highest BCUT2D eigenvalue weighted by Crippen LogP contribution is 2.33. The largest absolute Gasteiger partial charge is 0.482 e. The van der Waals surface area contributed by atoms with Gasteiger partial charge in [-0.1, -0.05) is 40.2 Å². The number of halogens is 1. The molecule has 0 spiro atoms. The van der Waals surface area contributed by atoms with E-state index in [9.17, 15) is 14.9 Å². The molecular weight excluding hydrogens is 546 g/mol. The number of carbonyl (C=O) groups excluding carboxylic acids is 1. The van der Waals surface area contributed by atoms with Crippen molar-refractivity contribution in [1.29, 1.82) is 0 Å². The van der Waals surface area contributed by atoms with E-state index in [1.54, 1.807) is 28.9 Å². The number of amides is 1. The number of anilines is 1. The summed E-state index contributed by atoms with van der Waals surface area (Å²) in [5.74, 6) is 0.355. The van der Waals surface area contributed by atoms with Crippen molar-refractivity contribution in [3.63, 3.8) is 0 Å². The maximum atomic E-state index is 11.8. The molecule has 3 aromatic carbocycles. The fraction of sp³-hybridized carbons (Fsp3) is 0.0800. The molecular formula is C25H18BrN5O4S. The van der Waals surface area contributed by atoms with Crippen LogP contribution in [0.5, 0.6) is 5.75 Å². The van der Waals surface area contributed by atoms with Gasteiger partial charge < -0.3 is 10.1 Å². The number of carbonyl (C=O) groups is 1. The number of ether oxygens (including phenoxy) is 1. The Hall–Kier alpha value is -4.09. The average Bonchev–Trinajstić information content (AvgIpc) is 3.26. The van der Waals surface area contributed by atoms with Crippen molar-refractivity contribution >= 4 is 55.9 Å². The number of fused-ring (bicyclic) bond motifs is 1. The lowest BCUT2D eigenvalue weighted by Crippen LogP contribution is -2.25. The maximum absolute atomic E-state index is 11.8. The molecule has 180 valence electrons. The molecule has 0 unspecified atom stereocenters. The summed E-state index contributed by atoms with van der Waals surface area (Å²) in [6.07, 6.45) is 0. The van der Waals surface area contributed by atoms with Crippen LogP contribution in [0.15, 0.2) is 86.7 Å². The molecule has 1 amide bonds. The smallest absolute Gasteiger partial charge is 0.294 e. The Bertz CT molecular complexity index is 1590. The van der Waals surface area contributed by atoms with Gasteiger partial charge in [0.2, 0.25) is 4.80 Å². The van der Waals surface area contributed by atoms with Crippen LogP contribution in [0.2, 0.25) is 0 Å². The maximum Gasteiger partial charge on any atom is 0.294 e. The Morgan fingerprint density at radius 1 is 1.17 bits per heavy atom. The van der Waals surface area contributed by atoms with Crippen LogP contribution < -0.4 is 14.9 Å². The highest BCUT2D eigenvalue weighted by Gasteiger charge is 2.19. The van der Waals surface area contributed by atoms with E-state index in [4.69, 9.17) is 9.84 Å². The van der Waals surface area contributed by atoms with Gasteiger partial charge in [0.1, 0.15) is 11.4 Å². The second-order valence-electron chi connectivity index (χ2n) is 7.81. The highest BCUT2D eigenvalue weighted by atomic mass is 79.9. The van der Waals surface area contributed by atoms with Gasteiger partial charge in [-0.15, -0.1) is 11.3 Å². The molecule has 2 heterocycles. The van der Waals surface area contributed by atoms with E-state index in [1.165, 1.54) is 17.4 Å². The first-order valence-corrected chi connectivity index (χ1v) is 12.4. The van der Waals surface area contributed by atoms with Gasteiger partial charge in [-0.2, -0.15) is 5.10 Å². The van der Waals surface area contributed by atoms with Gasteiger partial charge in [0.15, 0.2) is 6.61 Å². The number of para-hydroxylation sites is 2. The standard InChI is InChI=1S/C25H18BrN5O4S/c1-15(16-6-9-18(26)10-7-16)29-30-22(17-8-11-23-20(12-17)27-24(32)13-35-23)14-36-25(30)28-19-4-2-3-5-21(19)31(33)34/h2-12,14H,13H2,1H3,(H,27,32). The minimum absolute atomic E-state index is 0.0274. The molecule has 0 bridgehead atoms. The Balaban J connectivity index is 1.69. The predicted octanol–water partition coefficient (Wildman–Crippen LogP) is 5.72. The first kappa shape index (κ1) is 23.6. The summed E-state index contributed by atoms with van der Waals surface area (Å²) in [7, 11) is 0. The third-order valence-corrected chi connectivity index (χ3v) is 6.74. The van der Waals surface area contributed by atoms with Crippen molar-refractivity contribution < 1.29 is 14.5 Å². The van der Waals surface area contributed by atoms with Crippen molar-refractivity contribution in [2.24, 2.45) is 10.1 Å². The topological polar surface area (TPSA) is 111 Å². The lowest BCUT2D eigenvalue weighted by molar-refractivity contribution is -0.384. The van der Waals surface area contributed by atoms with Crippen LogP contribution in [0.3, 0.4) is 0 Å². The average molecular weight is 564 g/mol. The Labute approximate surface area is 217 Å². The van der Waals surface area contributed by atoms with Crippen molar-refractivity contribution in [3.8, 4) is 17.0 Å². The number of nitrogens with zero attached hydrogens (tertiary/aromatic N) is 4. The van der Waals surface area contributed by atoms with E-state index in [0.29, 0.717) is 21.9 Å². The molecule has 0 atom stereocenters. The number of hydrogen-bond acceptors (Lipinski definition) is 7. The SMILES string of the molecule is CC(=Nn1c(-c2ccc3c(c2)NC(=O)CO3)csc1=Nc1ccccc1[N+](=O)[O-])c1ccc(Br)cc1. The molecule has 1 aliphatic rings. The Morgan fingerprint density at radius 3 is 2.72 bits per heavy atom. The second-order valence-corrected chi connectivity index (χ2v) is 9.57. The third-order valence-electron chi connectivity index (χ3n) is 5.40. The minimum atomic E-state index is -0.458. The van der Waals surface area contributed by atoms with Gasteiger partial charge in [0, 0.05) is 21.5 Å². The highest BCUT2D eigenvalue weighted by molar-refractivity contribution is 9.10. The molecule has 1 N–H and O–H groups in total. The lowest BCUT2D eigenvalue weighted by atomic mass is 10.1. The lowest BCUT2D eigenvalue weighted by Gasteiger charge is -2.18. The van der Waals surface area contributed by atoms with E-state index in [0.717, 1.165) is 21.3 Å². The van der Waals surface area contributed by atoms with Gasteiger partial charge in [-0.25, -0.2) is 9.67 Å². The second kappa shape index (κ2) is 9.88. The number of nitrogens with one attached hydrogen (secondary N) is 1. The third kappa shape index (κ3) is 4.83. The molecule has 4 aromatic rings. The van der Waals surface area contributed by atoms with Gasteiger partial charge in [0.25, 0.3) is 11.6 Å². The van der Waals surface area contributed by atoms with Crippen molar-refractivity contribution in [3.05, 3.63) is 97.1 Å². The number of nitro groups is 1. The fourth-order valence-electron chi connectivity index (χ4n) is 3.63. The molecule has 1 aromatic heterocycles. The minimum Gasteiger partial charge on any atom is -0.482 e. The van der Waals surface area contributed by atoms with Gasteiger partial charge in [-0.3, -0.25) is 14.9 Å². The molecule has 11 heteroatoms. The van der Waals surface area contributed by atoms with Crippen molar-refractivity contribution in [1.82, 2.24) is 4.68 Å². The molecule has 0 fully saturated rings. The molecule has 36 heavy (non-hydrogen) atoms. The quantitative estimate of drug-likeness (QED) is 0.190. The zero-order valence-electron chi connectivity index (χ0n) is 18.8. The first-order valence-electron chi connectivity index (χ1n) is 10.8. The van der Waals surface area contributed by atoms with Crippen LogP contribution in [-0.4, -0.2) is 27.8 Å². The van der Waals surface area contributed by atoms with Gasteiger partial charge >= 0.3 is 0 Å². The molecule has 5 rings (SSSR count). The summed E-state index contributed by atoms with van der Waals surface area (Å²) in [6.45, 7) is 1.85. The monoisotopic (exact) mass is 563 g/mol. The summed E-state index contributed by atoms with van der Waals surface area (Å²) in [4.78, 5) is 28.0. The number of thiazole rings is 1. The number of aromatic nitrogens is 1.